The molecule has 5 aliphatic rings. The Bertz CT molecular complexity index is 1510. The van der Waals surface area contributed by atoms with Gasteiger partial charge in [-0.3, -0.25) is 0 Å². The molecule has 6 heteroatoms. The first kappa shape index (κ1) is 41.7. The minimum absolute atomic E-state index is 0.0465. The normalized spacial score (nSPS) is 20.7. The van der Waals surface area contributed by atoms with E-state index in [-0.39, 0.29) is 7.92 Å². The molecule has 1 heterocycles. The molecule has 0 aromatic heterocycles. The van der Waals surface area contributed by atoms with E-state index < -0.39 is 13.5 Å². The first-order valence-corrected chi connectivity index (χ1v) is 27.5. The molecule has 4 aliphatic carbocycles. The molecule has 0 bridgehead atoms. The Labute approximate surface area is 332 Å². The van der Waals surface area contributed by atoms with Gasteiger partial charge >= 0.3 is 73.4 Å². The number of hydrogen-bond acceptors (Lipinski definition) is 1. The van der Waals surface area contributed by atoms with Crippen molar-refractivity contribution in [2.24, 2.45) is 0 Å². The molecule has 1 saturated heterocycles. The summed E-state index contributed by atoms with van der Waals surface area (Å²) in [4.78, 5) is 2.39. The summed E-state index contributed by atoms with van der Waals surface area (Å²) >= 11 is -1.61. The Hall–Kier alpha value is -1.50. The van der Waals surface area contributed by atoms with Crippen LogP contribution < -0.4 is 4.90 Å². The summed E-state index contributed by atoms with van der Waals surface area (Å²) in [5.74, 6) is 0. The first-order valence-electron chi connectivity index (χ1n) is 20.2. The quantitative estimate of drug-likeness (QED) is 0.126. The van der Waals surface area contributed by atoms with Crippen LogP contribution in [0.1, 0.15) is 132 Å². The van der Waals surface area contributed by atoms with E-state index >= 15 is 0 Å². The predicted octanol–water partition coefficient (Wildman–Crippen LogP) is 13.4. The molecule has 0 radical (unpaired) electrons. The van der Waals surface area contributed by atoms with Gasteiger partial charge in [0.15, 0.2) is 0 Å². The van der Waals surface area contributed by atoms with Crippen molar-refractivity contribution in [1.82, 2.24) is 0 Å². The van der Waals surface area contributed by atoms with Gasteiger partial charge in [-0.05, 0) is 115 Å². The maximum atomic E-state index is 5.67. The predicted molar refractivity (Wildman–Crippen MR) is 231 cm³/mol. The Morgan fingerprint density at radius 1 is 0.731 bits per heavy atom. The van der Waals surface area contributed by atoms with Gasteiger partial charge in [0, 0.05) is 13.6 Å². The fourth-order valence-electron chi connectivity index (χ4n) is 9.88. The summed E-state index contributed by atoms with van der Waals surface area (Å²) in [6.07, 6.45) is 28.1. The van der Waals surface area contributed by atoms with Crippen LogP contribution in [-0.2, 0) is 13.5 Å². The van der Waals surface area contributed by atoms with Gasteiger partial charge in [0.1, 0.15) is 13.2 Å². The van der Waals surface area contributed by atoms with Gasteiger partial charge in [0.05, 0.1) is 29.2 Å². The van der Waals surface area contributed by atoms with Crippen LogP contribution in [0.5, 0.6) is 0 Å². The third-order valence-electron chi connectivity index (χ3n) is 11.8. The Balaban J connectivity index is 0.000000162. The van der Waals surface area contributed by atoms with E-state index in [1.807, 2.05) is 34.9 Å². The molecule has 2 nitrogen and oxygen atoms in total. The van der Waals surface area contributed by atoms with Crippen LogP contribution in [-0.4, -0.2) is 45.0 Å². The fourth-order valence-corrected chi connectivity index (χ4v) is 16.9. The fraction of sp³-hybridized carbons (Fsp3) is 0.543. The molecule has 0 N–H and O–H groups in total. The second kappa shape index (κ2) is 21.0. The van der Waals surface area contributed by atoms with E-state index in [2.05, 4.69) is 81.6 Å². The van der Waals surface area contributed by atoms with Crippen molar-refractivity contribution >= 4 is 43.3 Å². The number of rotatable bonds is 5. The van der Waals surface area contributed by atoms with Gasteiger partial charge in [-0.15, -0.1) is 0 Å². The van der Waals surface area contributed by atoms with E-state index in [1.54, 1.807) is 96.3 Å². The van der Waals surface area contributed by atoms with Gasteiger partial charge in [-0.2, -0.15) is 0 Å². The molecule has 0 amide bonds. The molecule has 1 aliphatic heterocycles. The van der Waals surface area contributed by atoms with E-state index in [9.17, 15) is 0 Å². The Morgan fingerprint density at radius 3 is 1.63 bits per heavy atom. The van der Waals surface area contributed by atoms with Crippen LogP contribution in [0.3, 0.4) is 0 Å². The molecular weight excluding hydrogens is 783 g/mol. The first-order chi connectivity index (χ1) is 25.1. The number of anilines is 1. The molecule has 2 aromatic carbocycles. The van der Waals surface area contributed by atoms with Crippen molar-refractivity contribution < 1.29 is 18.1 Å². The Morgan fingerprint density at radius 2 is 1.19 bits per heavy atom. The number of nitrogens with zero attached hydrogens (tertiary/aromatic N) is 2. The molecule has 52 heavy (non-hydrogen) atoms. The van der Waals surface area contributed by atoms with E-state index in [1.165, 1.54) is 56.2 Å². The average Bonchev–Trinajstić information content (AvgIpc) is 3.58. The molecule has 0 unspecified atom stereocenters. The van der Waals surface area contributed by atoms with Crippen molar-refractivity contribution in [3.8, 4) is 0 Å². The number of benzene rings is 2. The third kappa shape index (κ3) is 12.0. The van der Waals surface area contributed by atoms with Gasteiger partial charge in [-0.1, -0.05) is 80.7 Å². The summed E-state index contributed by atoms with van der Waals surface area (Å²) < 4.78 is 4.30. The molecule has 0 spiro atoms. The standard InChI is InChI=1S/C21H26N2.C18H33P.C7H6.2ClH.Ru/c1-14-9-16(3)20(17(4)10-14)22-7-8-23(13-22)21-18(5)11-15(2)12-19(21)6;1-4-10-16(11-5-1)19(17-12-6-2-7-13-17)18-14-8-3-9-15-18;1-7-5-3-2-4-6-7;;;/h9-13H,1,7-8H2,2-6H3;16-18H,1-15H2;1-6H;2*1H;/q;;;;;+2/p-1. The topological polar surface area (TPSA) is 6.25 Å². The van der Waals surface area contributed by atoms with E-state index in [0.717, 1.165) is 24.2 Å². The summed E-state index contributed by atoms with van der Waals surface area (Å²) in [6, 6.07) is 14.4. The second-order valence-electron chi connectivity index (χ2n) is 16.1. The Kier molecular flexibility index (Phi) is 16.8. The van der Waals surface area contributed by atoms with Crippen LogP contribution in [0.25, 0.3) is 0 Å². The van der Waals surface area contributed by atoms with E-state index in [4.69, 9.17) is 19.4 Å². The summed E-state index contributed by atoms with van der Waals surface area (Å²) in [6.45, 7) is 19.3. The number of hydrogen-bond donors (Lipinski definition) is 0. The molecule has 0 atom stereocenters. The molecule has 286 valence electrons. The van der Waals surface area contributed by atoms with Crippen molar-refractivity contribution in [3.63, 3.8) is 0 Å². The van der Waals surface area contributed by atoms with Crippen LogP contribution in [0.15, 0.2) is 77.9 Å². The van der Waals surface area contributed by atoms with Crippen LogP contribution >= 0.6 is 27.3 Å². The van der Waals surface area contributed by atoms with Gasteiger partial charge < -0.3 is 9.48 Å². The minimum atomic E-state index is -1.61. The molecule has 2 aromatic rings. The average molecular weight is 850 g/mol. The van der Waals surface area contributed by atoms with Crippen molar-refractivity contribution in [3.05, 3.63) is 107 Å². The number of allylic oxidation sites excluding steroid dienone is 5. The zero-order valence-corrected chi connectivity index (χ0v) is 37.1. The maximum absolute atomic E-state index is 5.67. The molecule has 4 fully saturated rings. The molecular formula is C46H66Cl2N2PRu+. The number of aryl methyl sites for hydroxylation is 3. The SMILES string of the molecule is C1CCC([PH+](C2CCCCC2)C2CCCCC2)CC1.C=C1C=C(C)C(=[N+]2[CH-]N(c3c(C)cc(C)cc3C)CC2)C(C)=C1.[Cl][Ru]([Cl])=[CH]c1ccccc1. The zero-order chi connectivity index (χ0) is 37.0. The summed E-state index contributed by atoms with van der Waals surface area (Å²) in [5, 5.41) is 0. The van der Waals surface area contributed by atoms with E-state index in [0.29, 0.717) is 0 Å². The van der Waals surface area contributed by atoms with Gasteiger partial charge in [-0.25, -0.2) is 0 Å². The van der Waals surface area contributed by atoms with Crippen molar-refractivity contribution in [2.45, 2.75) is 148 Å². The monoisotopic (exact) mass is 849 g/mol. The molecule has 3 saturated carbocycles. The summed E-state index contributed by atoms with van der Waals surface area (Å²) in [7, 11) is 11.3. The molecule has 7 rings (SSSR count). The van der Waals surface area contributed by atoms with Crippen molar-refractivity contribution in [2.75, 3.05) is 18.0 Å². The third-order valence-corrected chi connectivity index (χ3v) is 18.3. The van der Waals surface area contributed by atoms with Gasteiger partial charge in [0.2, 0.25) is 0 Å². The van der Waals surface area contributed by atoms with Crippen LogP contribution in [0.2, 0.25) is 0 Å². The van der Waals surface area contributed by atoms with Crippen LogP contribution in [0, 0.1) is 27.4 Å². The second-order valence-corrected chi connectivity index (χ2v) is 25.2. The van der Waals surface area contributed by atoms with Crippen LogP contribution in [0.4, 0.5) is 5.69 Å². The number of halogens is 2. The summed E-state index contributed by atoms with van der Waals surface area (Å²) in [5.41, 5.74) is 15.2. The van der Waals surface area contributed by atoms with Crippen molar-refractivity contribution in [1.29, 1.82) is 0 Å². The zero-order valence-electron chi connectivity index (χ0n) is 32.8. The van der Waals surface area contributed by atoms with Gasteiger partial charge in [0.25, 0.3) is 0 Å².